The van der Waals surface area contributed by atoms with Crippen molar-refractivity contribution in [1.82, 2.24) is 9.55 Å². The number of ether oxygens (including phenoxy) is 1. The first-order chi connectivity index (χ1) is 10.1. The Hall–Kier alpha value is -1.29. The number of H-pyrrole nitrogens is 1. The van der Waals surface area contributed by atoms with E-state index < -0.39 is 43.6 Å². The number of aliphatic hydroxyl groups is 1. The number of aliphatic hydroxyl groups excluding tert-OH is 1. The molecule has 0 saturated carbocycles. The number of hydrogen-bond donors (Lipinski definition) is 3. The van der Waals surface area contributed by atoms with Crippen molar-refractivity contribution >= 4 is 7.82 Å². The highest BCUT2D eigenvalue weighted by Gasteiger charge is 2.40. The van der Waals surface area contributed by atoms with Gasteiger partial charge in [0.05, 0.1) is 12.2 Å². The molecule has 1 aromatic rings. The van der Waals surface area contributed by atoms with Crippen molar-refractivity contribution in [2.75, 3.05) is 0 Å². The fourth-order valence-electron chi connectivity index (χ4n) is 2.34. The number of nitrogens with zero attached hydrogens (tertiary/aromatic N) is 1. The molecule has 2 heterocycles. The second-order valence-electron chi connectivity index (χ2n) is 5.12. The predicted molar refractivity (Wildman–Crippen MR) is 71.0 cm³/mol. The van der Waals surface area contributed by atoms with E-state index >= 15 is 0 Å². The number of aromatic amines is 1. The normalized spacial score (nSPS) is 29.2. The van der Waals surface area contributed by atoms with Crippen LogP contribution < -0.4 is 16.1 Å². The molecule has 1 aliphatic heterocycles. The third-order valence-corrected chi connectivity index (χ3v) is 3.95. The highest BCUT2D eigenvalue weighted by molar-refractivity contribution is 7.44. The Bertz CT molecular complexity index is 707. The lowest BCUT2D eigenvalue weighted by Crippen LogP contribution is -2.35. The Kier molecular flexibility index (Phi) is 4.71. The Labute approximate surface area is 124 Å². The Morgan fingerprint density at radius 3 is 2.82 bits per heavy atom. The van der Waals surface area contributed by atoms with Crippen molar-refractivity contribution in [3.8, 4) is 0 Å². The third-order valence-electron chi connectivity index (χ3n) is 3.35. The van der Waals surface area contributed by atoms with E-state index in [1.807, 2.05) is 0 Å². The van der Waals surface area contributed by atoms with Crippen molar-refractivity contribution in [2.24, 2.45) is 0 Å². The summed E-state index contributed by atoms with van der Waals surface area (Å²) in [5, 5.41) is 9.94. The van der Waals surface area contributed by atoms with Gasteiger partial charge in [-0.2, -0.15) is 0 Å². The van der Waals surface area contributed by atoms with Crippen molar-refractivity contribution in [3.05, 3.63) is 32.6 Å². The van der Waals surface area contributed by atoms with E-state index in [1.165, 1.54) is 20.0 Å². The molecular formula is C11H16N2O8P-. The average Bonchev–Trinajstić information content (AvgIpc) is 2.73. The second kappa shape index (κ2) is 6.07. The third kappa shape index (κ3) is 3.72. The van der Waals surface area contributed by atoms with Gasteiger partial charge in [-0.15, -0.1) is 0 Å². The standard InChI is InChI=1S/C11H17N2O8P/c1-5-4-13(11(16)12-10(5)15)8-3-7(14)9(20-8)6(2)21-22(17,18)19/h4,6-9,14H,3H2,1-2H3,(H,12,15,16)(H2,17,18,19)/p-1/t6-,7?,8-,9-/m1/s1. The molecule has 124 valence electrons. The van der Waals surface area contributed by atoms with Crippen LogP contribution in [0, 0.1) is 6.92 Å². The van der Waals surface area contributed by atoms with Crippen molar-refractivity contribution in [3.63, 3.8) is 0 Å². The van der Waals surface area contributed by atoms with Crippen LogP contribution in [0.5, 0.6) is 0 Å². The van der Waals surface area contributed by atoms with E-state index in [4.69, 9.17) is 9.63 Å². The van der Waals surface area contributed by atoms with Crippen molar-refractivity contribution in [2.45, 2.75) is 44.8 Å². The maximum absolute atomic E-state index is 11.8. The largest absolute Gasteiger partial charge is 0.756 e. The van der Waals surface area contributed by atoms with Gasteiger partial charge in [0.15, 0.2) is 0 Å². The van der Waals surface area contributed by atoms with Crippen LogP contribution in [-0.4, -0.2) is 37.9 Å². The summed E-state index contributed by atoms with van der Waals surface area (Å²) in [6.45, 7) is 2.81. The molecule has 1 aromatic heterocycles. The predicted octanol–water partition coefficient (Wildman–Crippen LogP) is -1.64. The van der Waals surface area contributed by atoms with E-state index in [1.54, 1.807) is 0 Å². The number of hydrogen-bond acceptors (Lipinski definition) is 7. The summed E-state index contributed by atoms with van der Waals surface area (Å²) in [4.78, 5) is 44.6. The topological polar surface area (TPSA) is 154 Å². The molecule has 0 aromatic carbocycles. The van der Waals surface area contributed by atoms with Gasteiger partial charge in [-0.05, 0) is 13.8 Å². The van der Waals surface area contributed by atoms with Gasteiger partial charge in [0.25, 0.3) is 13.4 Å². The molecule has 2 rings (SSSR count). The SMILES string of the molecule is Cc1cn([C@H]2CC(O)[C@@H]([C@@H](C)OP(=O)([O-])O)O2)c(=O)[nH]c1=O. The highest BCUT2D eigenvalue weighted by Crippen LogP contribution is 2.37. The fraction of sp³-hybridized carbons (Fsp3) is 0.636. The molecule has 0 spiro atoms. The maximum atomic E-state index is 11.8. The number of rotatable bonds is 4. The van der Waals surface area contributed by atoms with Crippen LogP contribution in [0.4, 0.5) is 0 Å². The van der Waals surface area contributed by atoms with E-state index in [0.29, 0.717) is 0 Å². The summed E-state index contributed by atoms with van der Waals surface area (Å²) in [6, 6.07) is 0. The van der Waals surface area contributed by atoms with Gasteiger partial charge in [-0.25, -0.2) is 4.79 Å². The second-order valence-corrected chi connectivity index (χ2v) is 6.26. The molecule has 11 heteroatoms. The van der Waals surface area contributed by atoms with Gasteiger partial charge in [0.1, 0.15) is 12.3 Å². The monoisotopic (exact) mass is 335 g/mol. The van der Waals surface area contributed by atoms with Crippen LogP contribution in [0.25, 0.3) is 0 Å². The molecule has 10 nitrogen and oxygen atoms in total. The molecule has 0 aliphatic carbocycles. The molecule has 0 amide bonds. The highest BCUT2D eigenvalue weighted by atomic mass is 31.2. The first kappa shape index (κ1) is 17.1. The average molecular weight is 335 g/mol. The summed E-state index contributed by atoms with van der Waals surface area (Å²) in [5.74, 6) is 0. The van der Waals surface area contributed by atoms with Crippen LogP contribution >= 0.6 is 7.82 Å². The van der Waals surface area contributed by atoms with Crippen LogP contribution in [-0.2, 0) is 13.8 Å². The lowest BCUT2D eigenvalue weighted by atomic mass is 10.1. The molecule has 0 radical (unpaired) electrons. The summed E-state index contributed by atoms with van der Waals surface area (Å²) >= 11 is 0. The van der Waals surface area contributed by atoms with Crippen LogP contribution in [0.3, 0.4) is 0 Å². The Morgan fingerprint density at radius 2 is 2.23 bits per heavy atom. The van der Waals surface area contributed by atoms with Gasteiger partial charge < -0.3 is 24.2 Å². The number of aryl methyl sites for hydroxylation is 1. The number of phosphoric ester groups is 1. The molecule has 1 aliphatic rings. The zero-order chi connectivity index (χ0) is 16.7. The smallest absolute Gasteiger partial charge is 0.330 e. The van der Waals surface area contributed by atoms with E-state index in [9.17, 15) is 24.2 Å². The van der Waals surface area contributed by atoms with Crippen LogP contribution in [0.15, 0.2) is 15.8 Å². The molecule has 1 fully saturated rings. The van der Waals surface area contributed by atoms with Crippen molar-refractivity contribution < 1.29 is 28.7 Å². The Balaban J connectivity index is 2.21. The van der Waals surface area contributed by atoms with Gasteiger partial charge in [-0.1, -0.05) is 0 Å². The molecule has 22 heavy (non-hydrogen) atoms. The molecule has 5 atom stereocenters. The van der Waals surface area contributed by atoms with E-state index in [2.05, 4.69) is 9.51 Å². The van der Waals surface area contributed by atoms with E-state index in [0.717, 1.165) is 4.57 Å². The molecule has 0 bridgehead atoms. The number of nitrogens with one attached hydrogen (secondary N) is 1. The first-order valence-electron chi connectivity index (χ1n) is 6.46. The summed E-state index contributed by atoms with van der Waals surface area (Å²) < 4.78 is 21.6. The molecule has 3 N–H and O–H groups in total. The first-order valence-corrected chi connectivity index (χ1v) is 7.96. The van der Waals surface area contributed by atoms with Crippen molar-refractivity contribution in [1.29, 1.82) is 0 Å². The lowest BCUT2D eigenvalue weighted by Gasteiger charge is -2.26. The van der Waals surface area contributed by atoms with Gasteiger partial charge in [-0.3, -0.25) is 18.9 Å². The number of phosphoric acid groups is 1. The fourth-order valence-corrected chi connectivity index (χ4v) is 2.88. The maximum Gasteiger partial charge on any atom is 0.330 e. The molecule has 2 unspecified atom stereocenters. The van der Waals surface area contributed by atoms with Crippen LogP contribution in [0.1, 0.15) is 25.1 Å². The summed E-state index contributed by atoms with van der Waals surface area (Å²) in [7, 11) is -4.97. The minimum absolute atomic E-state index is 0.00164. The minimum Gasteiger partial charge on any atom is -0.756 e. The van der Waals surface area contributed by atoms with Gasteiger partial charge >= 0.3 is 5.69 Å². The van der Waals surface area contributed by atoms with E-state index in [-0.39, 0.29) is 12.0 Å². The summed E-state index contributed by atoms with van der Waals surface area (Å²) in [5.41, 5.74) is -0.954. The molecule has 1 saturated heterocycles. The van der Waals surface area contributed by atoms with Crippen LogP contribution in [0.2, 0.25) is 0 Å². The quantitative estimate of drug-likeness (QED) is 0.554. The zero-order valence-electron chi connectivity index (χ0n) is 11.8. The van der Waals surface area contributed by atoms with Gasteiger partial charge in [0.2, 0.25) is 0 Å². The zero-order valence-corrected chi connectivity index (χ0v) is 12.7. The number of aromatic nitrogens is 2. The lowest BCUT2D eigenvalue weighted by molar-refractivity contribution is -0.228. The Morgan fingerprint density at radius 1 is 1.59 bits per heavy atom. The van der Waals surface area contributed by atoms with Gasteiger partial charge in [0, 0.05) is 18.2 Å². The minimum atomic E-state index is -4.97. The summed E-state index contributed by atoms with van der Waals surface area (Å²) in [6.07, 6.45) is -2.91. The molecular weight excluding hydrogens is 319 g/mol.